The first kappa shape index (κ1) is 16.6. The number of hydrogen-bond acceptors (Lipinski definition) is 2. The number of aryl methyl sites for hydroxylation is 1. The van der Waals surface area contributed by atoms with Crippen LogP contribution in [0, 0.1) is 6.92 Å². The summed E-state index contributed by atoms with van der Waals surface area (Å²) in [5.41, 5.74) is 10.9. The number of carbonyl (C=O) groups excluding carboxylic acids is 1. The van der Waals surface area contributed by atoms with Crippen molar-refractivity contribution in [1.82, 2.24) is 9.88 Å². The van der Waals surface area contributed by atoms with Crippen LogP contribution in [0.25, 0.3) is 32.9 Å². The Bertz CT molecular complexity index is 1490. The van der Waals surface area contributed by atoms with Crippen LogP contribution >= 0.6 is 0 Å². The minimum Gasteiger partial charge on any atom is -0.354 e. The van der Waals surface area contributed by atoms with Crippen molar-refractivity contribution in [3.8, 4) is 11.1 Å². The van der Waals surface area contributed by atoms with Crippen LogP contribution in [0.4, 0.5) is 0 Å². The highest BCUT2D eigenvalue weighted by molar-refractivity contribution is 6.20. The third-order valence-corrected chi connectivity index (χ3v) is 8.00. The normalized spacial score (nSPS) is 24.9. The van der Waals surface area contributed by atoms with E-state index in [0.717, 1.165) is 29.5 Å². The van der Waals surface area contributed by atoms with Crippen molar-refractivity contribution in [2.45, 2.75) is 51.0 Å². The van der Waals surface area contributed by atoms with Gasteiger partial charge in [0.1, 0.15) is 6.23 Å². The number of carbonyl (C=O) groups is 1. The van der Waals surface area contributed by atoms with Crippen LogP contribution in [0.1, 0.15) is 64.0 Å². The number of ether oxygens (including phenoxy) is 1. The molecule has 4 heterocycles. The standard InChI is InChI=1S/C27H22N2O2/c1-13-9-10-14-16(11-13)22-19-7-4-8-20(31-19)29-18-6-3-2-5-15(18)21-17-12-28-27(30)24(17)23(14)25(22)26(21)29/h2-3,5-6,9-11,19-20,22H,4,7-8,12H2,1H3,(H,28,30). The fourth-order valence-corrected chi connectivity index (χ4v) is 6.90. The lowest BCUT2D eigenvalue weighted by Crippen LogP contribution is -2.28. The number of para-hydroxylation sites is 1. The second kappa shape index (κ2) is 5.38. The number of nitrogens with zero attached hydrogens (tertiary/aromatic N) is 1. The number of fused-ring (bicyclic) bond motifs is 13. The van der Waals surface area contributed by atoms with Crippen LogP contribution in [-0.2, 0) is 11.3 Å². The third-order valence-electron chi connectivity index (χ3n) is 8.00. The molecule has 4 nitrogen and oxygen atoms in total. The van der Waals surface area contributed by atoms with E-state index in [9.17, 15) is 4.79 Å². The van der Waals surface area contributed by atoms with Crippen LogP contribution in [0.2, 0.25) is 0 Å². The molecule has 4 aromatic rings. The lowest BCUT2D eigenvalue weighted by molar-refractivity contribution is -0.0869. The SMILES string of the molecule is Cc1ccc2c(c1)C1c3c-2c2c(c4c5ccccc5n(c34)C3CCCC1O3)CNC2=O. The summed E-state index contributed by atoms with van der Waals surface area (Å²) in [6, 6.07) is 15.4. The fraction of sp³-hybridized carbons (Fsp3) is 0.296. The van der Waals surface area contributed by atoms with E-state index in [1.54, 1.807) is 0 Å². The number of aromatic nitrogens is 1. The molecule has 3 aromatic carbocycles. The molecule has 1 aromatic heterocycles. The molecular formula is C27H22N2O2. The molecule has 3 aliphatic heterocycles. The topological polar surface area (TPSA) is 43.3 Å². The molecule has 2 bridgehead atoms. The van der Waals surface area contributed by atoms with Gasteiger partial charge in [0.2, 0.25) is 0 Å². The van der Waals surface area contributed by atoms with Gasteiger partial charge in [-0.3, -0.25) is 4.79 Å². The molecule has 0 saturated carbocycles. The molecule has 4 heteroatoms. The van der Waals surface area contributed by atoms with Gasteiger partial charge in [-0.15, -0.1) is 0 Å². The van der Waals surface area contributed by atoms with E-state index < -0.39 is 0 Å². The Morgan fingerprint density at radius 3 is 2.94 bits per heavy atom. The summed E-state index contributed by atoms with van der Waals surface area (Å²) >= 11 is 0. The van der Waals surface area contributed by atoms with E-state index in [4.69, 9.17) is 4.74 Å². The zero-order valence-electron chi connectivity index (χ0n) is 17.4. The maximum absolute atomic E-state index is 13.2. The molecule has 1 amide bonds. The Hall–Kier alpha value is -3.11. The fourth-order valence-electron chi connectivity index (χ4n) is 6.90. The second-order valence-electron chi connectivity index (χ2n) is 9.56. The van der Waals surface area contributed by atoms with E-state index in [2.05, 4.69) is 59.3 Å². The quantitative estimate of drug-likeness (QED) is 0.417. The molecule has 1 aliphatic carbocycles. The minimum absolute atomic E-state index is 0.0622. The van der Waals surface area contributed by atoms with Gasteiger partial charge in [0.15, 0.2) is 0 Å². The zero-order chi connectivity index (χ0) is 20.4. The van der Waals surface area contributed by atoms with Crippen molar-refractivity contribution in [1.29, 1.82) is 0 Å². The average Bonchev–Trinajstić information content (AvgIpc) is 3.41. The number of benzene rings is 3. The van der Waals surface area contributed by atoms with Crippen LogP contribution < -0.4 is 5.32 Å². The monoisotopic (exact) mass is 406 g/mol. The van der Waals surface area contributed by atoms with Gasteiger partial charge in [0.25, 0.3) is 5.91 Å². The Kier molecular flexibility index (Phi) is 2.87. The molecule has 4 aliphatic rings. The Morgan fingerprint density at radius 1 is 1.10 bits per heavy atom. The van der Waals surface area contributed by atoms with E-state index in [1.165, 1.54) is 50.5 Å². The lowest BCUT2D eigenvalue weighted by atomic mass is 9.85. The van der Waals surface area contributed by atoms with Crippen LogP contribution in [0.15, 0.2) is 42.5 Å². The van der Waals surface area contributed by atoms with Crippen molar-refractivity contribution in [3.05, 3.63) is 70.3 Å². The van der Waals surface area contributed by atoms with E-state index in [-0.39, 0.29) is 24.2 Å². The molecule has 3 unspecified atom stereocenters. The molecule has 31 heavy (non-hydrogen) atoms. The van der Waals surface area contributed by atoms with Gasteiger partial charge in [0.05, 0.1) is 22.7 Å². The summed E-state index contributed by atoms with van der Waals surface area (Å²) in [5.74, 6) is 0.264. The van der Waals surface area contributed by atoms with Gasteiger partial charge in [-0.2, -0.15) is 0 Å². The predicted octanol–water partition coefficient (Wildman–Crippen LogP) is 5.54. The van der Waals surface area contributed by atoms with Crippen LogP contribution in [0.3, 0.4) is 0 Å². The van der Waals surface area contributed by atoms with Crippen LogP contribution in [-0.4, -0.2) is 16.6 Å². The first-order chi connectivity index (χ1) is 15.2. The van der Waals surface area contributed by atoms with Crippen molar-refractivity contribution >= 4 is 27.7 Å². The van der Waals surface area contributed by atoms with Gasteiger partial charge >= 0.3 is 0 Å². The minimum atomic E-state index is 0.0622. The first-order valence-corrected chi connectivity index (χ1v) is 11.4. The zero-order valence-corrected chi connectivity index (χ0v) is 17.4. The van der Waals surface area contributed by atoms with Crippen molar-refractivity contribution in [2.24, 2.45) is 0 Å². The number of rotatable bonds is 0. The lowest BCUT2D eigenvalue weighted by Gasteiger charge is -2.32. The van der Waals surface area contributed by atoms with Crippen molar-refractivity contribution in [3.63, 3.8) is 0 Å². The highest BCUT2D eigenvalue weighted by Crippen LogP contribution is 2.58. The molecule has 1 N–H and O–H groups in total. The summed E-state index contributed by atoms with van der Waals surface area (Å²) in [7, 11) is 0. The third kappa shape index (κ3) is 1.81. The molecule has 0 spiro atoms. The van der Waals surface area contributed by atoms with Crippen molar-refractivity contribution in [2.75, 3.05) is 0 Å². The molecule has 152 valence electrons. The molecular weight excluding hydrogens is 384 g/mol. The van der Waals surface area contributed by atoms with Crippen molar-refractivity contribution < 1.29 is 9.53 Å². The van der Waals surface area contributed by atoms with E-state index in [0.29, 0.717) is 6.54 Å². The van der Waals surface area contributed by atoms with Gasteiger partial charge < -0.3 is 14.6 Å². The van der Waals surface area contributed by atoms with Gasteiger partial charge in [0, 0.05) is 28.8 Å². The average molecular weight is 406 g/mol. The highest BCUT2D eigenvalue weighted by atomic mass is 16.5. The second-order valence-corrected chi connectivity index (χ2v) is 9.56. The summed E-state index contributed by atoms with van der Waals surface area (Å²) in [6.45, 7) is 2.76. The first-order valence-electron chi connectivity index (χ1n) is 11.4. The maximum Gasteiger partial charge on any atom is 0.252 e. The Labute approximate surface area is 179 Å². The molecule has 0 radical (unpaired) electrons. The summed E-state index contributed by atoms with van der Waals surface area (Å²) < 4.78 is 9.31. The maximum atomic E-state index is 13.2. The number of amides is 1. The molecule has 8 rings (SSSR count). The van der Waals surface area contributed by atoms with E-state index in [1.807, 2.05) is 0 Å². The Balaban J connectivity index is 1.68. The summed E-state index contributed by atoms with van der Waals surface area (Å²) in [5, 5.41) is 5.64. The Morgan fingerprint density at radius 2 is 2.00 bits per heavy atom. The summed E-state index contributed by atoms with van der Waals surface area (Å²) in [4.78, 5) is 13.2. The van der Waals surface area contributed by atoms with Gasteiger partial charge in [-0.05, 0) is 54.5 Å². The van der Waals surface area contributed by atoms with Gasteiger partial charge in [-0.25, -0.2) is 0 Å². The smallest absolute Gasteiger partial charge is 0.252 e. The molecule has 3 atom stereocenters. The highest BCUT2D eigenvalue weighted by Gasteiger charge is 2.46. The number of hydrogen-bond donors (Lipinski definition) is 1. The predicted molar refractivity (Wildman–Crippen MR) is 120 cm³/mol. The van der Waals surface area contributed by atoms with Crippen LogP contribution in [0.5, 0.6) is 0 Å². The van der Waals surface area contributed by atoms with E-state index >= 15 is 0 Å². The number of nitrogens with one attached hydrogen (secondary N) is 1. The molecule has 1 saturated heterocycles. The molecule has 1 fully saturated rings. The summed E-state index contributed by atoms with van der Waals surface area (Å²) in [6.07, 6.45) is 3.50. The van der Waals surface area contributed by atoms with Gasteiger partial charge in [-0.1, -0.05) is 42.0 Å². The largest absolute Gasteiger partial charge is 0.354 e.